The third kappa shape index (κ3) is 4.46. The third-order valence-corrected chi connectivity index (χ3v) is 2.74. The number of benzene rings is 2. The highest BCUT2D eigenvalue weighted by molar-refractivity contribution is 6.39. The van der Waals surface area contributed by atoms with Gasteiger partial charge in [0, 0.05) is 11.8 Å². The van der Waals surface area contributed by atoms with Crippen LogP contribution in [0.4, 0.5) is 11.4 Å². The number of hydrogen-bond donors (Lipinski definition) is 2. The molecule has 0 atom stereocenters. The normalized spacial score (nSPS) is 10.3. The van der Waals surface area contributed by atoms with Crippen LogP contribution in [0, 0.1) is 10.1 Å². The Morgan fingerprint density at radius 3 is 2.35 bits per heavy atom. The van der Waals surface area contributed by atoms with Crippen molar-refractivity contribution in [3.63, 3.8) is 0 Å². The van der Waals surface area contributed by atoms with Gasteiger partial charge in [0.1, 0.15) is 0 Å². The van der Waals surface area contributed by atoms with Gasteiger partial charge in [-0.25, -0.2) is 5.43 Å². The first kappa shape index (κ1) is 15.8. The Bertz CT molecular complexity index is 759. The lowest BCUT2D eigenvalue weighted by atomic mass is 10.2. The zero-order valence-corrected chi connectivity index (χ0v) is 11.8. The monoisotopic (exact) mass is 312 g/mol. The molecule has 0 aliphatic heterocycles. The molecule has 23 heavy (non-hydrogen) atoms. The molecule has 0 heterocycles. The quantitative estimate of drug-likeness (QED) is 0.387. The fourth-order valence-electron chi connectivity index (χ4n) is 1.68. The van der Waals surface area contributed by atoms with Crippen molar-refractivity contribution in [2.75, 3.05) is 5.32 Å². The number of nitro benzene ring substituents is 1. The maximum Gasteiger partial charge on any atom is 0.329 e. The minimum Gasteiger partial charge on any atom is -0.318 e. The molecule has 8 nitrogen and oxygen atoms in total. The zero-order valence-electron chi connectivity index (χ0n) is 11.8. The van der Waals surface area contributed by atoms with Gasteiger partial charge in [0.15, 0.2) is 0 Å². The summed E-state index contributed by atoms with van der Waals surface area (Å²) in [5.74, 6) is -1.88. The molecule has 0 saturated heterocycles. The number of rotatable bonds is 4. The van der Waals surface area contributed by atoms with E-state index in [0.717, 1.165) is 6.21 Å². The first-order chi connectivity index (χ1) is 11.1. The number of hydrazone groups is 1. The van der Waals surface area contributed by atoms with Crippen LogP contribution in [-0.2, 0) is 9.59 Å². The summed E-state index contributed by atoms with van der Waals surface area (Å²) in [5.41, 5.74) is 2.54. The summed E-state index contributed by atoms with van der Waals surface area (Å²) in [7, 11) is 0. The first-order valence-corrected chi connectivity index (χ1v) is 6.51. The highest BCUT2D eigenvalue weighted by atomic mass is 16.6. The Morgan fingerprint density at radius 2 is 1.65 bits per heavy atom. The fourth-order valence-corrected chi connectivity index (χ4v) is 1.68. The average Bonchev–Trinajstić information content (AvgIpc) is 2.56. The van der Waals surface area contributed by atoms with Gasteiger partial charge in [-0.3, -0.25) is 19.7 Å². The third-order valence-electron chi connectivity index (χ3n) is 2.74. The van der Waals surface area contributed by atoms with Crippen molar-refractivity contribution in [1.82, 2.24) is 5.43 Å². The van der Waals surface area contributed by atoms with Gasteiger partial charge in [-0.05, 0) is 18.2 Å². The predicted octanol–water partition coefficient (Wildman–Crippen LogP) is 1.68. The molecule has 0 unspecified atom stereocenters. The molecule has 0 aliphatic rings. The summed E-state index contributed by atoms with van der Waals surface area (Å²) in [6.45, 7) is 0. The second kappa shape index (κ2) is 7.46. The van der Waals surface area contributed by atoms with Gasteiger partial charge in [0.05, 0.1) is 16.7 Å². The first-order valence-electron chi connectivity index (χ1n) is 6.51. The van der Waals surface area contributed by atoms with E-state index in [4.69, 9.17) is 0 Å². The number of hydrogen-bond acceptors (Lipinski definition) is 5. The Balaban J connectivity index is 1.96. The average molecular weight is 312 g/mol. The molecule has 8 heteroatoms. The molecular weight excluding hydrogens is 300 g/mol. The molecule has 0 saturated carbocycles. The highest BCUT2D eigenvalue weighted by Crippen LogP contribution is 2.14. The molecular formula is C15H12N4O4. The van der Waals surface area contributed by atoms with E-state index in [0.29, 0.717) is 5.69 Å². The van der Waals surface area contributed by atoms with Crippen LogP contribution in [0.2, 0.25) is 0 Å². The minimum atomic E-state index is -0.983. The Kier molecular flexibility index (Phi) is 5.13. The van der Waals surface area contributed by atoms with Crippen LogP contribution in [-0.4, -0.2) is 23.0 Å². The second-order valence-electron chi connectivity index (χ2n) is 4.34. The van der Waals surface area contributed by atoms with E-state index in [9.17, 15) is 19.7 Å². The summed E-state index contributed by atoms with van der Waals surface area (Å²) in [5, 5.41) is 16.8. The molecule has 2 N–H and O–H groups in total. The van der Waals surface area contributed by atoms with Crippen LogP contribution in [0.5, 0.6) is 0 Å². The van der Waals surface area contributed by atoms with E-state index in [1.807, 2.05) is 5.43 Å². The molecule has 0 bridgehead atoms. The van der Waals surface area contributed by atoms with Crippen LogP contribution in [0.25, 0.3) is 0 Å². The van der Waals surface area contributed by atoms with E-state index in [2.05, 4.69) is 10.4 Å². The van der Waals surface area contributed by atoms with Gasteiger partial charge in [-0.15, -0.1) is 0 Å². The van der Waals surface area contributed by atoms with Crippen LogP contribution in [0.3, 0.4) is 0 Å². The summed E-state index contributed by atoms with van der Waals surface area (Å²) in [6.07, 6.45) is 1.10. The van der Waals surface area contributed by atoms with Gasteiger partial charge in [-0.2, -0.15) is 5.10 Å². The number of nitrogens with zero attached hydrogens (tertiary/aromatic N) is 2. The maximum atomic E-state index is 11.6. The van der Waals surface area contributed by atoms with Crippen molar-refractivity contribution in [3.05, 3.63) is 70.3 Å². The molecule has 0 spiro atoms. The van der Waals surface area contributed by atoms with Gasteiger partial charge in [0.2, 0.25) is 0 Å². The molecule has 0 radical (unpaired) electrons. The lowest BCUT2D eigenvalue weighted by molar-refractivity contribution is -0.385. The molecule has 2 rings (SSSR count). The molecule has 0 aromatic heterocycles. The maximum absolute atomic E-state index is 11.6. The van der Waals surface area contributed by atoms with Crippen molar-refractivity contribution in [1.29, 1.82) is 0 Å². The standard InChI is InChI=1S/C15H12N4O4/c20-14(17-12-7-2-1-3-8-12)15(21)18-16-10-11-6-4-5-9-13(11)19(22)23/h1-10H,(H,17,20)(H,18,21)/b16-10+. The lowest BCUT2D eigenvalue weighted by Crippen LogP contribution is -2.32. The summed E-state index contributed by atoms with van der Waals surface area (Å²) in [4.78, 5) is 33.5. The van der Waals surface area contributed by atoms with Crippen molar-refractivity contribution >= 4 is 29.4 Å². The fraction of sp³-hybridized carbons (Fsp3) is 0. The number of anilines is 1. The van der Waals surface area contributed by atoms with Gasteiger partial charge in [0.25, 0.3) is 5.69 Å². The zero-order chi connectivity index (χ0) is 16.7. The Labute approximate surface area is 131 Å². The molecule has 2 aromatic carbocycles. The van der Waals surface area contributed by atoms with Crippen LogP contribution in [0.15, 0.2) is 59.7 Å². The Morgan fingerprint density at radius 1 is 1.00 bits per heavy atom. The number of carbonyl (C=O) groups excluding carboxylic acids is 2. The molecule has 2 amide bonds. The largest absolute Gasteiger partial charge is 0.329 e. The lowest BCUT2D eigenvalue weighted by Gasteiger charge is -2.03. The van der Waals surface area contributed by atoms with E-state index in [1.165, 1.54) is 18.2 Å². The minimum absolute atomic E-state index is 0.153. The molecule has 116 valence electrons. The smallest absolute Gasteiger partial charge is 0.318 e. The number of nitrogens with one attached hydrogen (secondary N) is 2. The predicted molar refractivity (Wildman–Crippen MR) is 83.9 cm³/mol. The number of carbonyl (C=O) groups is 2. The number of nitro groups is 1. The SMILES string of the molecule is O=C(N/N=C/c1ccccc1[N+](=O)[O-])C(=O)Nc1ccccc1. The number of amides is 2. The van der Waals surface area contributed by atoms with Crippen molar-refractivity contribution < 1.29 is 14.5 Å². The van der Waals surface area contributed by atoms with Crippen molar-refractivity contribution in [2.45, 2.75) is 0 Å². The van der Waals surface area contributed by atoms with E-state index in [1.54, 1.807) is 36.4 Å². The molecule has 0 aliphatic carbocycles. The Hall–Kier alpha value is -3.55. The molecule has 0 fully saturated rings. The van der Waals surface area contributed by atoms with Crippen molar-refractivity contribution in [3.8, 4) is 0 Å². The van der Waals surface area contributed by atoms with Gasteiger partial charge in [-0.1, -0.05) is 30.3 Å². The van der Waals surface area contributed by atoms with Crippen molar-refractivity contribution in [2.24, 2.45) is 5.10 Å². The second-order valence-corrected chi connectivity index (χ2v) is 4.34. The van der Waals surface area contributed by atoms with Crippen LogP contribution < -0.4 is 10.7 Å². The highest BCUT2D eigenvalue weighted by Gasteiger charge is 2.13. The van der Waals surface area contributed by atoms with E-state index in [-0.39, 0.29) is 11.3 Å². The van der Waals surface area contributed by atoms with Crippen LogP contribution >= 0.6 is 0 Å². The van der Waals surface area contributed by atoms with E-state index < -0.39 is 16.7 Å². The number of para-hydroxylation sites is 2. The summed E-state index contributed by atoms with van der Waals surface area (Å²) < 4.78 is 0. The summed E-state index contributed by atoms with van der Waals surface area (Å²) in [6, 6.07) is 14.3. The van der Waals surface area contributed by atoms with Gasteiger partial charge < -0.3 is 5.32 Å². The van der Waals surface area contributed by atoms with Crippen LogP contribution in [0.1, 0.15) is 5.56 Å². The molecule has 2 aromatic rings. The van der Waals surface area contributed by atoms with E-state index >= 15 is 0 Å². The topological polar surface area (TPSA) is 114 Å². The summed E-state index contributed by atoms with van der Waals surface area (Å²) >= 11 is 0. The van der Waals surface area contributed by atoms with Gasteiger partial charge >= 0.3 is 11.8 Å².